The van der Waals surface area contributed by atoms with Gasteiger partial charge < -0.3 is 0 Å². The summed E-state index contributed by atoms with van der Waals surface area (Å²) in [5.41, 5.74) is -4.01. The molecule has 0 amide bonds. The minimum Gasteiger partial charge on any atom is -0.224 e. The summed E-state index contributed by atoms with van der Waals surface area (Å²) in [5.74, 6) is -0.788. The summed E-state index contributed by atoms with van der Waals surface area (Å²) in [7, 11) is -36.2. The van der Waals surface area contributed by atoms with E-state index in [0.717, 1.165) is 69.5 Å². The van der Waals surface area contributed by atoms with Crippen molar-refractivity contribution in [3.63, 3.8) is 0 Å². The van der Waals surface area contributed by atoms with Gasteiger partial charge in [-0.2, -0.15) is 52.7 Å². The predicted molar refractivity (Wildman–Crippen MR) is 513 cm³/mol. The van der Waals surface area contributed by atoms with Gasteiger partial charge in [0.1, 0.15) is 109 Å². The monoisotopic (exact) mass is 2210 g/mol. The molecule has 0 unspecified atom stereocenters. The Labute approximate surface area is 830 Å². The van der Waals surface area contributed by atoms with E-state index in [0.29, 0.717) is 59.4 Å². The maximum absolute atomic E-state index is 13.9. The summed E-state index contributed by atoms with van der Waals surface area (Å²) >= 11 is 0. The molecule has 738 valence electrons. The van der Waals surface area contributed by atoms with Crippen LogP contribution in [-0.2, 0) is 158 Å². The number of alkyl halides is 12. The van der Waals surface area contributed by atoms with Crippen molar-refractivity contribution >= 4 is 133 Å². The van der Waals surface area contributed by atoms with Crippen molar-refractivity contribution in [2.24, 2.45) is 0 Å². The van der Waals surface area contributed by atoms with Crippen LogP contribution < -0.4 is 0 Å². The predicted octanol–water partition coefficient (Wildman–Crippen LogP) is 23.5. The third-order valence-electron chi connectivity index (χ3n) is 22.7. The highest BCUT2D eigenvalue weighted by Gasteiger charge is 2.54. The first-order chi connectivity index (χ1) is 67.0. The van der Waals surface area contributed by atoms with Gasteiger partial charge in [-0.3, -0.25) is 0 Å². The number of hydrogen-bond donors (Lipinski definition) is 0. The van der Waals surface area contributed by atoms with E-state index in [4.69, 9.17) is 0 Å². The van der Waals surface area contributed by atoms with E-state index < -0.39 is 206 Å². The SMILES string of the molecule is CC(C)S(=O)(=O)c1ccc([S+]2c3ccccc3S(=O)(=O)c3ccccc32)cc1C(F)(F)F.CCS(=O)(=O)c1ccc([S+]2c3ccccc3S(=O)(=O)c3ccccc32)cc1C(F)(F)F.CS(=O)(=O)c1ccc([S+]2c3ccccc3S(=O)(=O)c3ccccc32)cc1C(F)(F)F.Cc1cc([S+]2c3ccccc3S(=O)(=O)c3ccccc32)cc(C(F)(F)F)c1.O=S1(=O)c2ccccc2[S+](c2cccc(F)c2)c2ccccc21. The van der Waals surface area contributed by atoms with Crippen LogP contribution in [0.5, 0.6) is 0 Å². The molecule has 143 heavy (non-hydrogen) atoms. The Morgan fingerprint density at radius 2 is 0.497 bits per heavy atom. The third kappa shape index (κ3) is 19.8. The van der Waals surface area contributed by atoms with Crippen LogP contribution >= 0.6 is 0 Å². The molecule has 0 saturated carbocycles. The molecule has 15 aromatic rings. The molecule has 0 saturated heterocycles. The Bertz CT molecular complexity index is 8420. The van der Waals surface area contributed by atoms with Crippen molar-refractivity contribution in [2.45, 2.75) is 195 Å². The van der Waals surface area contributed by atoms with Gasteiger partial charge in [0.05, 0.1) is 47.9 Å². The van der Waals surface area contributed by atoms with E-state index in [1.165, 1.54) is 99.6 Å². The van der Waals surface area contributed by atoms with Gasteiger partial charge in [-0.1, -0.05) is 134 Å². The topological polar surface area (TPSA) is 273 Å². The Morgan fingerprint density at radius 1 is 0.266 bits per heavy atom. The van der Waals surface area contributed by atoms with E-state index in [1.54, 1.807) is 189 Å². The van der Waals surface area contributed by atoms with Gasteiger partial charge in [-0.15, -0.1) is 0 Å². The number of hydrogen-bond acceptors (Lipinski definition) is 16. The lowest BCUT2D eigenvalue weighted by Gasteiger charge is -2.21. The maximum atomic E-state index is 13.9. The van der Waals surface area contributed by atoms with Crippen LogP contribution in [0, 0.1) is 12.7 Å². The Morgan fingerprint density at radius 3 is 0.734 bits per heavy atom. The summed E-state index contributed by atoms with van der Waals surface area (Å²) < 4.78 is 382. The van der Waals surface area contributed by atoms with Gasteiger partial charge >= 0.3 is 24.7 Å². The van der Waals surface area contributed by atoms with Gasteiger partial charge in [0.25, 0.3) is 0 Å². The molecule has 0 spiro atoms. The molecule has 15 aromatic carbocycles. The first-order valence-corrected chi connectivity index (χ1v) is 60.8. The molecule has 0 fully saturated rings. The number of benzene rings is 15. The van der Waals surface area contributed by atoms with Crippen molar-refractivity contribution in [1.29, 1.82) is 0 Å². The summed E-state index contributed by atoms with van der Waals surface area (Å²) in [6, 6.07) is 83.9. The van der Waals surface area contributed by atoms with Crippen molar-refractivity contribution in [3.05, 3.63) is 373 Å². The van der Waals surface area contributed by atoms with E-state index >= 15 is 0 Å². The molecule has 0 aromatic heterocycles. The van der Waals surface area contributed by atoms with E-state index in [1.807, 2.05) is 30.3 Å². The molecule has 0 radical (unpaired) electrons. The Kier molecular flexibility index (Phi) is 28.5. The van der Waals surface area contributed by atoms with E-state index in [-0.39, 0.29) is 59.7 Å². The Balaban J connectivity index is 0.000000129. The zero-order valence-electron chi connectivity index (χ0n) is 74.4. The van der Waals surface area contributed by atoms with Gasteiger partial charge in [0.15, 0.2) is 103 Å². The summed E-state index contributed by atoms with van der Waals surface area (Å²) in [4.78, 5) is 5.31. The molecule has 5 heterocycles. The lowest BCUT2D eigenvalue weighted by Crippen LogP contribution is -2.22. The normalized spacial score (nSPS) is 15.9. The molecule has 0 N–H and O–H groups in total. The van der Waals surface area contributed by atoms with Crippen LogP contribution in [0.2, 0.25) is 0 Å². The molecule has 5 aliphatic rings. The lowest BCUT2D eigenvalue weighted by molar-refractivity contribution is -0.140. The largest absolute Gasteiger partial charge is 0.417 e. The highest BCUT2D eigenvalue weighted by Crippen LogP contribution is 2.54. The van der Waals surface area contributed by atoms with Crippen LogP contribution in [0.3, 0.4) is 0 Å². The molecule has 0 bridgehead atoms. The second kappa shape index (κ2) is 38.9. The minimum atomic E-state index is -4.91. The third-order valence-corrected chi connectivity index (χ3v) is 50.1. The number of halogens is 13. The summed E-state index contributed by atoms with van der Waals surface area (Å²) in [5, 5.41) is -1.03. The molecule has 20 rings (SSSR count). The molecular formula is C101H74F13O16S13+5. The average molecular weight is 2210 g/mol. The second-order valence-corrected chi connectivity index (χ2v) is 58.2. The molecule has 5 aliphatic heterocycles. The summed E-state index contributed by atoms with van der Waals surface area (Å²) in [6.45, 7) is 5.54. The smallest absolute Gasteiger partial charge is 0.224 e. The highest BCUT2D eigenvalue weighted by molar-refractivity contribution is 8.03. The molecule has 0 atom stereocenters. The first kappa shape index (κ1) is 105. The fourth-order valence-corrected chi connectivity index (χ4v) is 43.3. The van der Waals surface area contributed by atoms with Crippen molar-refractivity contribution in [3.8, 4) is 0 Å². The second-order valence-electron chi connectivity index (χ2n) is 32.2. The number of rotatable bonds is 10. The van der Waals surface area contributed by atoms with Gasteiger partial charge in [0, 0.05) is 36.6 Å². The van der Waals surface area contributed by atoms with Gasteiger partial charge in [-0.05, 0) is 208 Å². The fourth-order valence-electron chi connectivity index (χ4n) is 16.3. The maximum Gasteiger partial charge on any atom is 0.417 e. The lowest BCUT2D eigenvalue weighted by atomic mass is 10.1. The van der Waals surface area contributed by atoms with Crippen LogP contribution in [0.25, 0.3) is 0 Å². The van der Waals surface area contributed by atoms with E-state index in [9.17, 15) is 124 Å². The van der Waals surface area contributed by atoms with Crippen LogP contribution in [0.1, 0.15) is 48.6 Å². The fraction of sp³-hybridized carbons (Fsp3) is 0.109. The number of sulfone groups is 8. The Hall–Kier alpha value is -11.3. The van der Waals surface area contributed by atoms with Crippen molar-refractivity contribution in [2.75, 3.05) is 12.0 Å². The molecule has 16 nitrogen and oxygen atoms in total. The molecule has 0 aliphatic carbocycles. The van der Waals surface area contributed by atoms with E-state index in [2.05, 4.69) is 0 Å². The zero-order valence-corrected chi connectivity index (χ0v) is 85.0. The average Bonchev–Trinajstić information content (AvgIpc) is 0.712. The first-order valence-electron chi connectivity index (χ1n) is 42.2. The number of aryl methyl sites for hydroxylation is 1. The zero-order chi connectivity index (χ0) is 103. The van der Waals surface area contributed by atoms with Crippen molar-refractivity contribution < 1.29 is 124 Å². The molecule has 42 heteroatoms. The standard InChI is InChI=1S/C22H18F3O4S3.C21H16F3O4S3.C20H14F3O4S3.C20H14F3O2S2.C18H12FO2S2/c1-14(2)31(26,27)19-12-11-15(13-16(19)22(23,24)25)30-17-7-3-5-9-20(17)32(28,29)21-10-6-4-8-18(21)30;1-2-30(25,26)18-12-11-14(13-15(18)21(22,23)24)29-16-7-3-5-9-19(16)31(27,28)20-10-6-4-8-17(20)29;1-29(24,25)17-11-10-13(12-14(17)20(21,22)23)28-15-6-2-4-8-18(15)30(26,27)19-9-5-3-7-16(19)28;1-13-10-14(20(21,22)23)12-15(11-13)26-16-6-2-4-8-18(16)27(24,25)19-9-5-3-7-17(19)26;19-13-6-5-7-14(12-13)22-15-8-1-3-10-17(15)23(20,21)18-11-4-2-9-16(18)22/h3-14H,1-2H3;3-13H,2H2,1H3;2-12H,1H3;2-12H,1H3;1-12H/q5*+1. The van der Waals surface area contributed by atoms with Crippen LogP contribution in [0.15, 0.2) is 477 Å². The summed E-state index contributed by atoms with van der Waals surface area (Å²) in [6.07, 6.45) is -18.4. The van der Waals surface area contributed by atoms with Gasteiger partial charge in [-0.25, -0.2) is 71.7 Å². The van der Waals surface area contributed by atoms with Crippen LogP contribution in [-0.4, -0.2) is 84.6 Å². The number of fused-ring (bicyclic) bond motifs is 10. The van der Waals surface area contributed by atoms with Crippen molar-refractivity contribution in [1.82, 2.24) is 0 Å². The minimum absolute atomic E-state index is 0.0350. The highest BCUT2D eigenvalue weighted by atomic mass is 32.2. The van der Waals surface area contributed by atoms with Gasteiger partial charge in [0.2, 0.25) is 49.2 Å². The quantitative estimate of drug-likeness (QED) is 0.0909. The molecular weight excluding hydrogens is 2130 g/mol. The van der Waals surface area contributed by atoms with Crippen LogP contribution in [0.4, 0.5) is 57.1 Å².